The number of benzene rings is 1. The molecule has 0 unspecified atom stereocenters. The normalized spacial score (nSPS) is 12.5. The van der Waals surface area contributed by atoms with E-state index >= 15 is 0 Å². The molecule has 0 fully saturated rings. The summed E-state index contributed by atoms with van der Waals surface area (Å²) in [5.74, 6) is 0.336. The number of rotatable bonds is 6. The zero-order valence-electron chi connectivity index (χ0n) is 15.2. The third kappa shape index (κ3) is 4.09. The van der Waals surface area contributed by atoms with Crippen molar-refractivity contribution in [3.05, 3.63) is 90.6 Å². The highest BCUT2D eigenvalue weighted by Gasteiger charge is 2.13. The van der Waals surface area contributed by atoms with E-state index in [1.807, 2.05) is 48.8 Å². The molecule has 7 nitrogen and oxygen atoms in total. The molecule has 1 aliphatic heterocycles. The highest BCUT2D eigenvalue weighted by atomic mass is 16.1. The SMILES string of the molecule is O=C(Nc1ccc(N2C=CNC2)cc1)c1cccnc1NCc1ccncc1. The van der Waals surface area contributed by atoms with E-state index in [1.165, 1.54) is 0 Å². The fourth-order valence-corrected chi connectivity index (χ4v) is 2.87. The van der Waals surface area contributed by atoms with Crippen molar-refractivity contribution in [2.75, 3.05) is 22.2 Å². The Morgan fingerprint density at radius 1 is 1.07 bits per heavy atom. The van der Waals surface area contributed by atoms with Crippen LogP contribution in [-0.2, 0) is 6.54 Å². The Morgan fingerprint density at radius 3 is 2.64 bits per heavy atom. The first-order valence-corrected chi connectivity index (χ1v) is 8.95. The lowest BCUT2D eigenvalue weighted by atomic mass is 10.2. The van der Waals surface area contributed by atoms with Gasteiger partial charge in [-0.3, -0.25) is 9.78 Å². The van der Waals surface area contributed by atoms with Crippen molar-refractivity contribution >= 4 is 23.1 Å². The monoisotopic (exact) mass is 372 g/mol. The minimum Gasteiger partial charge on any atom is -0.372 e. The summed E-state index contributed by atoms with van der Waals surface area (Å²) < 4.78 is 0. The van der Waals surface area contributed by atoms with Gasteiger partial charge in [0.15, 0.2) is 0 Å². The largest absolute Gasteiger partial charge is 0.372 e. The Bertz CT molecular complexity index is 972. The third-order valence-corrected chi connectivity index (χ3v) is 4.35. The molecular formula is C21H20N6O. The predicted molar refractivity (Wildman–Crippen MR) is 110 cm³/mol. The lowest BCUT2D eigenvalue weighted by Crippen LogP contribution is -2.19. The van der Waals surface area contributed by atoms with Crippen LogP contribution in [0.5, 0.6) is 0 Å². The van der Waals surface area contributed by atoms with E-state index in [1.54, 1.807) is 30.7 Å². The minimum atomic E-state index is -0.208. The zero-order chi connectivity index (χ0) is 19.2. The number of hydrogen-bond donors (Lipinski definition) is 3. The fraction of sp³-hybridized carbons (Fsp3) is 0.0952. The maximum Gasteiger partial charge on any atom is 0.259 e. The van der Waals surface area contributed by atoms with Gasteiger partial charge in [0.2, 0.25) is 0 Å². The maximum absolute atomic E-state index is 12.8. The molecule has 0 saturated heterocycles. The second-order valence-electron chi connectivity index (χ2n) is 6.26. The lowest BCUT2D eigenvalue weighted by Gasteiger charge is -2.15. The molecule has 0 atom stereocenters. The first-order chi connectivity index (χ1) is 13.8. The van der Waals surface area contributed by atoms with Gasteiger partial charge in [-0.15, -0.1) is 0 Å². The van der Waals surface area contributed by atoms with Gasteiger partial charge in [0.05, 0.1) is 12.2 Å². The summed E-state index contributed by atoms with van der Waals surface area (Å²) in [5, 5.41) is 9.28. The van der Waals surface area contributed by atoms with Crippen LogP contribution in [0.2, 0.25) is 0 Å². The third-order valence-electron chi connectivity index (χ3n) is 4.35. The van der Waals surface area contributed by atoms with E-state index in [9.17, 15) is 4.79 Å². The van der Waals surface area contributed by atoms with E-state index in [4.69, 9.17) is 0 Å². The average Bonchev–Trinajstić information content (AvgIpc) is 3.29. The van der Waals surface area contributed by atoms with Gasteiger partial charge in [0.25, 0.3) is 5.91 Å². The standard InChI is InChI=1S/C21H20N6O/c28-21(26-17-3-5-18(6-4-17)27-13-12-23-15-27)19-2-1-9-24-20(19)25-14-16-7-10-22-11-8-16/h1-13,23H,14-15H2,(H,24,25)(H,26,28). The van der Waals surface area contributed by atoms with Crippen LogP contribution >= 0.6 is 0 Å². The van der Waals surface area contributed by atoms with Gasteiger partial charge < -0.3 is 20.9 Å². The van der Waals surface area contributed by atoms with Crippen molar-refractivity contribution in [3.63, 3.8) is 0 Å². The number of aromatic nitrogens is 2. The molecule has 3 heterocycles. The number of nitrogens with zero attached hydrogens (tertiary/aromatic N) is 3. The van der Waals surface area contributed by atoms with Gasteiger partial charge in [-0.2, -0.15) is 0 Å². The van der Waals surface area contributed by atoms with Gasteiger partial charge in [-0.05, 0) is 54.1 Å². The number of hydrogen-bond acceptors (Lipinski definition) is 6. The molecule has 0 spiro atoms. The molecule has 1 aromatic carbocycles. The number of carbonyl (C=O) groups excluding carboxylic acids is 1. The van der Waals surface area contributed by atoms with E-state index in [0.29, 0.717) is 17.9 Å². The van der Waals surface area contributed by atoms with E-state index in [0.717, 1.165) is 23.6 Å². The Morgan fingerprint density at radius 2 is 1.89 bits per heavy atom. The summed E-state index contributed by atoms with van der Waals surface area (Å²) in [5.41, 5.74) is 3.34. The van der Waals surface area contributed by atoms with Gasteiger partial charge >= 0.3 is 0 Å². The number of pyridine rings is 2. The predicted octanol–water partition coefficient (Wildman–Crippen LogP) is 3.18. The highest BCUT2D eigenvalue weighted by molar-refractivity contribution is 6.07. The molecule has 0 bridgehead atoms. The first kappa shape index (κ1) is 17.5. The summed E-state index contributed by atoms with van der Waals surface area (Å²) in [6, 6.07) is 15.1. The Balaban J connectivity index is 1.43. The number of amides is 1. The molecule has 7 heteroatoms. The summed E-state index contributed by atoms with van der Waals surface area (Å²) in [6.45, 7) is 1.31. The molecule has 1 aliphatic rings. The lowest BCUT2D eigenvalue weighted by molar-refractivity contribution is 0.102. The second kappa shape index (κ2) is 8.22. The second-order valence-corrected chi connectivity index (χ2v) is 6.26. The van der Waals surface area contributed by atoms with Crippen LogP contribution < -0.4 is 20.9 Å². The first-order valence-electron chi connectivity index (χ1n) is 8.95. The average molecular weight is 372 g/mol. The van der Waals surface area contributed by atoms with Crippen molar-refractivity contribution in [1.29, 1.82) is 0 Å². The van der Waals surface area contributed by atoms with Crippen molar-refractivity contribution in [3.8, 4) is 0 Å². The topological polar surface area (TPSA) is 82.2 Å². The quantitative estimate of drug-likeness (QED) is 0.617. The molecule has 0 saturated carbocycles. The smallest absolute Gasteiger partial charge is 0.259 e. The molecule has 2 aromatic heterocycles. The molecule has 3 aromatic rings. The van der Waals surface area contributed by atoms with Gasteiger partial charge in [-0.25, -0.2) is 4.98 Å². The van der Waals surface area contributed by atoms with Crippen molar-refractivity contribution < 1.29 is 4.79 Å². The molecule has 1 amide bonds. The summed E-state index contributed by atoms with van der Waals surface area (Å²) in [7, 11) is 0. The molecular weight excluding hydrogens is 352 g/mol. The molecule has 0 radical (unpaired) electrons. The van der Waals surface area contributed by atoms with Gasteiger partial charge in [-0.1, -0.05) is 0 Å². The summed E-state index contributed by atoms with van der Waals surface area (Å²) >= 11 is 0. The minimum absolute atomic E-state index is 0.208. The van der Waals surface area contributed by atoms with Crippen LogP contribution in [0.4, 0.5) is 17.2 Å². The van der Waals surface area contributed by atoms with Crippen molar-refractivity contribution in [2.24, 2.45) is 0 Å². The Hall–Kier alpha value is -3.87. The van der Waals surface area contributed by atoms with Crippen LogP contribution in [0.3, 0.4) is 0 Å². The van der Waals surface area contributed by atoms with Gasteiger partial charge in [0.1, 0.15) is 5.82 Å². The number of carbonyl (C=O) groups is 1. The highest BCUT2D eigenvalue weighted by Crippen LogP contribution is 2.21. The van der Waals surface area contributed by atoms with Crippen LogP contribution in [0.25, 0.3) is 0 Å². The van der Waals surface area contributed by atoms with Crippen LogP contribution in [0, 0.1) is 0 Å². The zero-order valence-corrected chi connectivity index (χ0v) is 15.2. The number of anilines is 3. The van der Waals surface area contributed by atoms with Gasteiger partial charge in [0, 0.05) is 48.9 Å². The fourth-order valence-electron chi connectivity index (χ4n) is 2.87. The maximum atomic E-state index is 12.8. The summed E-state index contributed by atoms with van der Waals surface area (Å²) in [4.78, 5) is 23.2. The molecule has 28 heavy (non-hydrogen) atoms. The van der Waals surface area contributed by atoms with Crippen LogP contribution in [0.1, 0.15) is 15.9 Å². The molecule has 0 aliphatic carbocycles. The summed E-state index contributed by atoms with van der Waals surface area (Å²) in [6.07, 6.45) is 9.02. The van der Waals surface area contributed by atoms with Crippen molar-refractivity contribution in [1.82, 2.24) is 15.3 Å². The van der Waals surface area contributed by atoms with Crippen LogP contribution in [0.15, 0.2) is 79.5 Å². The number of nitrogens with one attached hydrogen (secondary N) is 3. The van der Waals surface area contributed by atoms with E-state index < -0.39 is 0 Å². The van der Waals surface area contributed by atoms with E-state index in [2.05, 4.69) is 30.8 Å². The molecule has 3 N–H and O–H groups in total. The van der Waals surface area contributed by atoms with E-state index in [-0.39, 0.29) is 5.91 Å². The molecule has 140 valence electrons. The Labute approximate surface area is 163 Å². The Kier molecular flexibility index (Phi) is 5.15. The van der Waals surface area contributed by atoms with Crippen molar-refractivity contribution in [2.45, 2.75) is 6.54 Å². The molecule has 4 rings (SSSR count). The van der Waals surface area contributed by atoms with Crippen LogP contribution in [-0.4, -0.2) is 22.5 Å².